The van der Waals surface area contributed by atoms with Crippen molar-refractivity contribution in [3.63, 3.8) is 0 Å². The van der Waals surface area contributed by atoms with Gasteiger partial charge in [0.05, 0.1) is 18.0 Å². The molecule has 0 aromatic heterocycles. The Kier molecular flexibility index (Phi) is 6.96. The third-order valence-electron chi connectivity index (χ3n) is 3.79. The molecule has 0 aliphatic rings. The summed E-state index contributed by atoms with van der Waals surface area (Å²) in [6.07, 6.45) is 0.249. The number of carbonyl (C=O) groups is 1. The average Bonchev–Trinajstić information content (AvgIpc) is 2.62. The second kappa shape index (κ2) is 9.41. The molecule has 0 radical (unpaired) electrons. The first-order valence-electron chi connectivity index (χ1n) is 8.41. The third kappa shape index (κ3) is 5.77. The summed E-state index contributed by atoms with van der Waals surface area (Å²) in [5.74, 6) is 0.663. The van der Waals surface area contributed by atoms with Gasteiger partial charge in [0.15, 0.2) is 0 Å². The lowest BCUT2D eigenvalue weighted by molar-refractivity contribution is -0.384. The number of nitrogens with zero attached hydrogens (tertiary/aromatic N) is 1. The molecule has 0 aliphatic heterocycles. The molecule has 0 spiro atoms. The minimum atomic E-state index is -0.439. The van der Waals surface area contributed by atoms with Crippen LogP contribution in [0.2, 0.25) is 0 Å². The number of nitrogens with one attached hydrogen (secondary N) is 2. The van der Waals surface area contributed by atoms with Gasteiger partial charge in [0.25, 0.3) is 5.69 Å². The molecule has 0 unspecified atom stereocenters. The van der Waals surface area contributed by atoms with Gasteiger partial charge in [0.1, 0.15) is 11.4 Å². The van der Waals surface area contributed by atoms with E-state index in [-0.39, 0.29) is 18.0 Å². The van der Waals surface area contributed by atoms with E-state index in [2.05, 4.69) is 10.6 Å². The number of amides is 1. The van der Waals surface area contributed by atoms with Crippen molar-refractivity contribution < 1.29 is 14.5 Å². The lowest BCUT2D eigenvalue weighted by atomic mass is 10.1. The first-order valence-corrected chi connectivity index (χ1v) is 8.41. The first-order chi connectivity index (χ1) is 12.5. The second-order valence-corrected chi connectivity index (χ2v) is 5.92. The van der Waals surface area contributed by atoms with Crippen molar-refractivity contribution in [1.29, 1.82) is 0 Å². The Hall–Kier alpha value is -3.09. The van der Waals surface area contributed by atoms with E-state index in [0.717, 1.165) is 16.9 Å². The molecule has 0 saturated heterocycles. The maximum absolute atomic E-state index is 11.8. The van der Waals surface area contributed by atoms with Crippen molar-refractivity contribution in [1.82, 2.24) is 5.32 Å². The van der Waals surface area contributed by atoms with Crippen LogP contribution in [0, 0.1) is 24.0 Å². The molecule has 0 saturated carbocycles. The van der Waals surface area contributed by atoms with Gasteiger partial charge in [-0.25, -0.2) is 0 Å². The highest BCUT2D eigenvalue weighted by atomic mass is 16.6. The van der Waals surface area contributed by atoms with Crippen LogP contribution in [0.1, 0.15) is 17.5 Å². The summed E-state index contributed by atoms with van der Waals surface area (Å²) in [4.78, 5) is 22.3. The number of anilines is 1. The van der Waals surface area contributed by atoms with Crippen LogP contribution in [0.3, 0.4) is 0 Å². The van der Waals surface area contributed by atoms with Crippen molar-refractivity contribution in [3.05, 3.63) is 63.7 Å². The molecule has 2 rings (SSSR count). The number of benzene rings is 2. The predicted molar refractivity (Wildman–Crippen MR) is 101 cm³/mol. The molecule has 26 heavy (non-hydrogen) atoms. The Labute approximate surface area is 152 Å². The molecule has 138 valence electrons. The molecular weight excluding hydrogens is 334 g/mol. The van der Waals surface area contributed by atoms with Crippen LogP contribution in [0.25, 0.3) is 0 Å². The van der Waals surface area contributed by atoms with E-state index in [1.54, 1.807) is 18.2 Å². The van der Waals surface area contributed by atoms with Gasteiger partial charge in [0.2, 0.25) is 5.91 Å². The van der Waals surface area contributed by atoms with Crippen molar-refractivity contribution in [2.24, 2.45) is 0 Å². The number of ether oxygens (including phenoxy) is 1. The number of aryl methyl sites for hydroxylation is 2. The Balaban J connectivity index is 1.68. The van der Waals surface area contributed by atoms with E-state index < -0.39 is 4.92 Å². The number of rotatable bonds is 9. The van der Waals surface area contributed by atoms with Gasteiger partial charge >= 0.3 is 0 Å². The van der Waals surface area contributed by atoms with Crippen LogP contribution in [0.4, 0.5) is 11.4 Å². The van der Waals surface area contributed by atoms with Crippen LogP contribution in [-0.2, 0) is 4.79 Å². The number of hydrogen-bond donors (Lipinski definition) is 2. The standard InChI is InChI=1S/C19H23N3O4/c1-14-7-8-15(2)18(13-14)26-12-9-19(23)21-11-10-20-16-5-3-4-6-17(16)22(24)25/h3-8,13,20H,9-12H2,1-2H3,(H,21,23). The second-order valence-electron chi connectivity index (χ2n) is 5.92. The van der Waals surface area contributed by atoms with Gasteiger partial charge in [-0.1, -0.05) is 24.3 Å². The fraction of sp³-hybridized carbons (Fsp3) is 0.316. The van der Waals surface area contributed by atoms with Gasteiger partial charge in [-0.3, -0.25) is 14.9 Å². The topological polar surface area (TPSA) is 93.5 Å². The van der Waals surface area contributed by atoms with Gasteiger partial charge in [-0.2, -0.15) is 0 Å². The molecule has 2 N–H and O–H groups in total. The maximum atomic E-state index is 11.8. The van der Waals surface area contributed by atoms with E-state index in [1.807, 2.05) is 32.0 Å². The molecule has 1 amide bonds. The zero-order valence-corrected chi connectivity index (χ0v) is 15.0. The Morgan fingerprint density at radius 2 is 1.92 bits per heavy atom. The highest BCUT2D eigenvalue weighted by Gasteiger charge is 2.11. The Bertz CT molecular complexity index is 777. The summed E-state index contributed by atoms with van der Waals surface area (Å²) in [5.41, 5.74) is 2.59. The van der Waals surface area contributed by atoms with Gasteiger partial charge in [-0.05, 0) is 37.1 Å². The molecule has 0 aliphatic carbocycles. The summed E-state index contributed by atoms with van der Waals surface area (Å²) >= 11 is 0. The van der Waals surface area contributed by atoms with Crippen LogP contribution in [-0.4, -0.2) is 30.5 Å². The molecule has 0 fully saturated rings. The smallest absolute Gasteiger partial charge is 0.292 e. The lowest BCUT2D eigenvalue weighted by Gasteiger charge is -2.11. The fourth-order valence-corrected chi connectivity index (χ4v) is 2.39. The van der Waals surface area contributed by atoms with Crippen LogP contribution in [0.15, 0.2) is 42.5 Å². The zero-order valence-electron chi connectivity index (χ0n) is 15.0. The third-order valence-corrected chi connectivity index (χ3v) is 3.79. The monoisotopic (exact) mass is 357 g/mol. The highest BCUT2D eigenvalue weighted by molar-refractivity contribution is 5.76. The normalized spacial score (nSPS) is 10.2. The Morgan fingerprint density at radius 1 is 1.15 bits per heavy atom. The van der Waals surface area contributed by atoms with Crippen molar-refractivity contribution in [3.8, 4) is 5.75 Å². The van der Waals surface area contributed by atoms with Gasteiger partial charge in [-0.15, -0.1) is 0 Å². The Morgan fingerprint density at radius 3 is 2.69 bits per heavy atom. The lowest BCUT2D eigenvalue weighted by Crippen LogP contribution is -2.29. The number of para-hydroxylation sites is 2. The van der Waals surface area contributed by atoms with Crippen molar-refractivity contribution >= 4 is 17.3 Å². The van der Waals surface area contributed by atoms with E-state index in [4.69, 9.17) is 4.74 Å². The first kappa shape index (κ1) is 19.2. The number of hydrogen-bond acceptors (Lipinski definition) is 5. The molecular formula is C19H23N3O4. The van der Waals surface area contributed by atoms with Gasteiger partial charge in [0, 0.05) is 19.2 Å². The quantitative estimate of drug-likeness (QED) is 0.408. The van der Waals surface area contributed by atoms with E-state index in [1.165, 1.54) is 6.07 Å². The summed E-state index contributed by atoms with van der Waals surface area (Å²) in [5, 5.41) is 16.6. The van der Waals surface area contributed by atoms with Crippen LogP contribution in [0.5, 0.6) is 5.75 Å². The highest BCUT2D eigenvalue weighted by Crippen LogP contribution is 2.22. The summed E-state index contributed by atoms with van der Waals surface area (Å²) in [7, 11) is 0. The number of nitro benzene ring substituents is 1. The zero-order chi connectivity index (χ0) is 18.9. The fourth-order valence-electron chi connectivity index (χ4n) is 2.39. The van der Waals surface area contributed by atoms with E-state index in [9.17, 15) is 14.9 Å². The molecule has 7 heteroatoms. The molecule has 0 heterocycles. The molecule has 2 aromatic carbocycles. The largest absolute Gasteiger partial charge is 0.493 e. The number of nitro groups is 1. The summed E-state index contributed by atoms with van der Waals surface area (Å²) in [6.45, 7) is 5.02. The minimum absolute atomic E-state index is 0.0146. The molecule has 0 bridgehead atoms. The summed E-state index contributed by atoms with van der Waals surface area (Å²) in [6, 6.07) is 12.4. The molecule has 0 atom stereocenters. The van der Waals surface area contributed by atoms with Crippen LogP contribution >= 0.6 is 0 Å². The minimum Gasteiger partial charge on any atom is -0.493 e. The average molecular weight is 357 g/mol. The molecule has 7 nitrogen and oxygen atoms in total. The van der Waals surface area contributed by atoms with E-state index >= 15 is 0 Å². The van der Waals surface area contributed by atoms with Crippen LogP contribution < -0.4 is 15.4 Å². The number of carbonyl (C=O) groups excluding carboxylic acids is 1. The van der Waals surface area contributed by atoms with Crippen molar-refractivity contribution in [2.45, 2.75) is 20.3 Å². The SMILES string of the molecule is Cc1ccc(C)c(OCCC(=O)NCCNc2ccccc2[N+](=O)[O-])c1. The van der Waals surface area contributed by atoms with Gasteiger partial charge < -0.3 is 15.4 Å². The summed E-state index contributed by atoms with van der Waals surface area (Å²) < 4.78 is 5.65. The predicted octanol–water partition coefficient (Wildman–Crippen LogP) is 3.21. The van der Waals surface area contributed by atoms with E-state index in [0.29, 0.717) is 25.4 Å². The molecule has 2 aromatic rings. The maximum Gasteiger partial charge on any atom is 0.292 e. The van der Waals surface area contributed by atoms with Crippen molar-refractivity contribution in [2.75, 3.05) is 25.0 Å².